The Balaban J connectivity index is 1.65. The minimum absolute atomic E-state index is 0.106. The van der Waals surface area contributed by atoms with Crippen LogP contribution in [0, 0.1) is 0 Å². The van der Waals surface area contributed by atoms with Crippen LogP contribution in [0.25, 0.3) is 0 Å². The number of carbonyl (C=O) groups excluding carboxylic acids is 1. The summed E-state index contributed by atoms with van der Waals surface area (Å²) < 4.78 is 0. The third-order valence-electron chi connectivity index (χ3n) is 4.26. The predicted octanol–water partition coefficient (Wildman–Crippen LogP) is 5.06. The number of hydrogen-bond donors (Lipinski definition) is 1. The fourth-order valence-corrected chi connectivity index (χ4v) is 2.98. The summed E-state index contributed by atoms with van der Waals surface area (Å²) in [4.78, 5) is 18.9. The Morgan fingerprint density at radius 1 is 1.07 bits per heavy atom. The van der Waals surface area contributed by atoms with Crippen LogP contribution in [0.3, 0.4) is 0 Å². The van der Waals surface area contributed by atoms with Crippen LogP contribution in [0.5, 0.6) is 0 Å². The van der Waals surface area contributed by atoms with Crippen LogP contribution in [-0.2, 0) is 6.42 Å². The second-order valence-corrected chi connectivity index (χ2v) is 6.55. The number of hydrogen-bond acceptors (Lipinski definition) is 3. The molecule has 0 bridgehead atoms. The second-order valence-electron chi connectivity index (χ2n) is 6.12. The van der Waals surface area contributed by atoms with Gasteiger partial charge in [-0.05, 0) is 55.3 Å². The molecule has 1 heterocycles. The molecule has 0 unspecified atom stereocenters. The molecule has 0 aliphatic carbocycles. The van der Waals surface area contributed by atoms with Crippen molar-refractivity contribution in [2.45, 2.75) is 13.3 Å². The van der Waals surface area contributed by atoms with E-state index in [2.05, 4.69) is 10.3 Å². The molecule has 0 saturated heterocycles. The first-order valence-corrected chi connectivity index (χ1v) is 9.36. The van der Waals surface area contributed by atoms with E-state index in [4.69, 9.17) is 11.6 Å². The minimum Gasteiger partial charge on any atom is -0.385 e. The van der Waals surface area contributed by atoms with Crippen molar-refractivity contribution in [3.05, 3.63) is 89.2 Å². The van der Waals surface area contributed by atoms with Gasteiger partial charge in [0.15, 0.2) is 0 Å². The van der Waals surface area contributed by atoms with Crippen LogP contribution in [0.2, 0.25) is 5.02 Å². The molecule has 0 aliphatic heterocycles. The quantitative estimate of drug-likeness (QED) is 0.624. The molecule has 27 heavy (non-hydrogen) atoms. The average molecular weight is 380 g/mol. The molecule has 5 heteroatoms. The maximum absolute atomic E-state index is 12.9. The topological polar surface area (TPSA) is 45.2 Å². The first-order valence-electron chi connectivity index (χ1n) is 8.98. The Bertz CT molecular complexity index is 882. The zero-order valence-corrected chi connectivity index (χ0v) is 16.0. The fraction of sp³-hybridized carbons (Fsp3) is 0.182. The SMILES string of the molecule is CCN(C(=O)c1cc(NCCc2ccc(Cl)cc2)ccn1)c1ccccc1. The number of aromatic nitrogens is 1. The maximum atomic E-state index is 12.9. The van der Waals surface area contributed by atoms with Crippen molar-refractivity contribution in [2.75, 3.05) is 23.3 Å². The van der Waals surface area contributed by atoms with Crippen molar-refractivity contribution < 1.29 is 4.79 Å². The summed E-state index contributed by atoms with van der Waals surface area (Å²) in [5.41, 5.74) is 3.38. The summed E-state index contributed by atoms with van der Waals surface area (Å²) >= 11 is 5.91. The largest absolute Gasteiger partial charge is 0.385 e. The lowest BCUT2D eigenvalue weighted by atomic mass is 10.1. The Labute approximate surface area is 164 Å². The lowest BCUT2D eigenvalue weighted by Gasteiger charge is -2.20. The third kappa shape index (κ3) is 5.08. The minimum atomic E-state index is -0.106. The highest BCUT2D eigenvalue weighted by Gasteiger charge is 2.17. The first kappa shape index (κ1) is 18.9. The number of carbonyl (C=O) groups is 1. The maximum Gasteiger partial charge on any atom is 0.276 e. The van der Waals surface area contributed by atoms with E-state index in [1.807, 2.05) is 67.6 Å². The van der Waals surface area contributed by atoms with Crippen LogP contribution < -0.4 is 10.2 Å². The van der Waals surface area contributed by atoms with Gasteiger partial charge in [-0.15, -0.1) is 0 Å². The van der Waals surface area contributed by atoms with Gasteiger partial charge in [0, 0.05) is 35.7 Å². The van der Waals surface area contributed by atoms with Gasteiger partial charge in [0.05, 0.1) is 0 Å². The van der Waals surface area contributed by atoms with E-state index >= 15 is 0 Å². The van der Waals surface area contributed by atoms with Gasteiger partial charge in [-0.25, -0.2) is 0 Å². The van der Waals surface area contributed by atoms with Crippen LogP contribution in [0.4, 0.5) is 11.4 Å². The summed E-state index contributed by atoms with van der Waals surface area (Å²) in [5.74, 6) is -0.106. The number of nitrogens with zero attached hydrogens (tertiary/aromatic N) is 2. The van der Waals surface area contributed by atoms with Crippen molar-refractivity contribution in [3.63, 3.8) is 0 Å². The number of pyridine rings is 1. The van der Waals surface area contributed by atoms with Gasteiger partial charge < -0.3 is 10.2 Å². The molecule has 3 rings (SSSR count). The molecule has 1 amide bonds. The molecular weight excluding hydrogens is 358 g/mol. The van der Waals surface area contributed by atoms with Gasteiger partial charge in [-0.3, -0.25) is 9.78 Å². The van der Waals surface area contributed by atoms with Gasteiger partial charge in [0.1, 0.15) is 5.69 Å². The molecule has 0 fully saturated rings. The zero-order valence-electron chi connectivity index (χ0n) is 15.2. The summed E-state index contributed by atoms with van der Waals surface area (Å²) in [6.07, 6.45) is 2.53. The van der Waals surface area contributed by atoms with Crippen molar-refractivity contribution in [1.82, 2.24) is 4.98 Å². The smallest absolute Gasteiger partial charge is 0.276 e. The summed E-state index contributed by atoms with van der Waals surface area (Å²) in [5, 5.41) is 4.09. The van der Waals surface area contributed by atoms with E-state index in [-0.39, 0.29) is 5.91 Å². The number of amides is 1. The molecule has 0 aliphatic rings. The van der Waals surface area contributed by atoms with Gasteiger partial charge in [0.25, 0.3) is 5.91 Å². The zero-order chi connectivity index (χ0) is 19.1. The monoisotopic (exact) mass is 379 g/mol. The van der Waals surface area contributed by atoms with Gasteiger partial charge in [-0.1, -0.05) is 41.9 Å². The van der Waals surface area contributed by atoms with Crippen molar-refractivity contribution in [2.24, 2.45) is 0 Å². The molecule has 3 aromatic rings. The number of benzene rings is 2. The van der Waals surface area contributed by atoms with E-state index in [9.17, 15) is 4.79 Å². The van der Waals surface area contributed by atoms with Gasteiger partial charge in [-0.2, -0.15) is 0 Å². The summed E-state index contributed by atoms with van der Waals surface area (Å²) in [6, 6.07) is 21.1. The van der Waals surface area contributed by atoms with E-state index in [0.717, 1.165) is 29.4 Å². The first-order chi connectivity index (χ1) is 13.2. The normalized spacial score (nSPS) is 10.4. The molecule has 1 N–H and O–H groups in total. The Morgan fingerprint density at radius 3 is 2.52 bits per heavy atom. The van der Waals surface area contributed by atoms with Gasteiger partial charge in [0.2, 0.25) is 0 Å². The number of anilines is 2. The molecule has 2 aromatic carbocycles. The summed E-state index contributed by atoms with van der Waals surface area (Å²) in [6.45, 7) is 3.30. The van der Waals surface area contributed by atoms with E-state index in [0.29, 0.717) is 12.2 Å². The van der Waals surface area contributed by atoms with Crippen LogP contribution in [0.15, 0.2) is 72.9 Å². The van der Waals surface area contributed by atoms with Crippen LogP contribution in [0.1, 0.15) is 23.0 Å². The molecule has 0 spiro atoms. The number of para-hydroxylation sites is 1. The Morgan fingerprint density at radius 2 is 1.81 bits per heavy atom. The lowest BCUT2D eigenvalue weighted by molar-refractivity contribution is 0.0983. The van der Waals surface area contributed by atoms with E-state index < -0.39 is 0 Å². The van der Waals surface area contributed by atoms with Crippen LogP contribution in [-0.4, -0.2) is 24.0 Å². The average Bonchev–Trinajstić information content (AvgIpc) is 2.71. The summed E-state index contributed by atoms with van der Waals surface area (Å²) in [7, 11) is 0. The van der Waals surface area contributed by atoms with E-state index in [1.54, 1.807) is 17.2 Å². The highest BCUT2D eigenvalue weighted by atomic mass is 35.5. The number of rotatable bonds is 7. The van der Waals surface area contributed by atoms with Gasteiger partial charge >= 0.3 is 0 Å². The van der Waals surface area contributed by atoms with Crippen molar-refractivity contribution in [1.29, 1.82) is 0 Å². The standard InChI is InChI=1S/C22H22ClN3O/c1-2-26(20-6-4-3-5-7-20)22(27)21-16-19(13-15-25-21)24-14-12-17-8-10-18(23)11-9-17/h3-11,13,15-16H,2,12,14H2,1H3,(H,24,25). The molecule has 0 radical (unpaired) electrons. The molecule has 0 saturated carbocycles. The fourth-order valence-electron chi connectivity index (χ4n) is 2.85. The molecular formula is C22H22ClN3O. The molecule has 138 valence electrons. The number of nitrogens with one attached hydrogen (secondary N) is 1. The van der Waals surface area contributed by atoms with E-state index in [1.165, 1.54) is 5.56 Å². The van der Waals surface area contributed by atoms with Crippen LogP contribution >= 0.6 is 11.6 Å². The molecule has 1 aromatic heterocycles. The third-order valence-corrected chi connectivity index (χ3v) is 4.52. The highest BCUT2D eigenvalue weighted by Crippen LogP contribution is 2.17. The predicted molar refractivity (Wildman–Crippen MR) is 112 cm³/mol. The number of halogens is 1. The highest BCUT2D eigenvalue weighted by molar-refractivity contribution is 6.30. The molecule has 0 atom stereocenters. The lowest BCUT2D eigenvalue weighted by Crippen LogP contribution is -2.31. The Hall–Kier alpha value is -2.85. The second kappa shape index (κ2) is 9.19. The van der Waals surface area contributed by atoms with Crippen molar-refractivity contribution in [3.8, 4) is 0 Å². The molecule has 4 nitrogen and oxygen atoms in total. The Kier molecular flexibility index (Phi) is 6.44. The van der Waals surface area contributed by atoms with Crippen molar-refractivity contribution >= 4 is 28.9 Å².